The second-order valence-electron chi connectivity index (χ2n) is 5.25. The number of hydrogen-bond donors (Lipinski definition) is 0. The molecule has 2 rings (SSSR count). The van der Waals surface area contributed by atoms with Gasteiger partial charge in [0.25, 0.3) is 0 Å². The Morgan fingerprint density at radius 3 is 2.71 bits per heavy atom. The third-order valence-electron chi connectivity index (χ3n) is 3.58. The van der Waals surface area contributed by atoms with Gasteiger partial charge in [0.15, 0.2) is 0 Å². The molecule has 0 aliphatic carbocycles. The number of nitrogens with zero attached hydrogens (tertiary/aromatic N) is 1. The normalized spacial score (nSPS) is 20.4. The first kappa shape index (κ1) is 17.1. The Bertz CT molecular complexity index is 646. The fraction of sp³-hybridized carbons (Fsp3) is 0.500. The second-order valence-corrected chi connectivity index (χ2v) is 8.88. The van der Waals surface area contributed by atoms with Gasteiger partial charge in [0.05, 0.1) is 4.90 Å². The Balaban J connectivity index is 2.40. The van der Waals surface area contributed by atoms with Gasteiger partial charge in [-0.15, -0.1) is 0 Å². The zero-order chi connectivity index (χ0) is 15.6. The topological polar surface area (TPSA) is 54.5 Å². The second kappa shape index (κ2) is 6.89. The van der Waals surface area contributed by atoms with E-state index in [2.05, 4.69) is 31.9 Å². The number of halogens is 2. The molecule has 1 aliphatic heterocycles. The first-order valence-corrected chi connectivity index (χ1v) is 9.81. The predicted octanol–water partition coefficient (Wildman–Crippen LogP) is 3.73. The van der Waals surface area contributed by atoms with Crippen molar-refractivity contribution in [3.63, 3.8) is 0 Å². The highest BCUT2D eigenvalue weighted by Gasteiger charge is 2.35. The molecule has 1 fully saturated rings. The number of benzene rings is 1. The summed E-state index contributed by atoms with van der Waals surface area (Å²) < 4.78 is 28.6. The van der Waals surface area contributed by atoms with Crippen molar-refractivity contribution in [2.75, 3.05) is 6.54 Å². The van der Waals surface area contributed by atoms with E-state index in [0.29, 0.717) is 15.5 Å². The summed E-state index contributed by atoms with van der Waals surface area (Å²) in [7, 11) is -3.61. The van der Waals surface area contributed by atoms with Crippen LogP contribution in [-0.2, 0) is 14.8 Å². The van der Waals surface area contributed by atoms with Crippen molar-refractivity contribution in [2.24, 2.45) is 0 Å². The molecule has 0 radical (unpaired) electrons. The summed E-state index contributed by atoms with van der Waals surface area (Å²) in [6, 6.07) is 4.86. The van der Waals surface area contributed by atoms with Gasteiger partial charge in [-0.3, -0.25) is 4.79 Å². The van der Waals surface area contributed by atoms with Crippen molar-refractivity contribution in [1.82, 2.24) is 4.31 Å². The lowest BCUT2D eigenvalue weighted by Gasteiger charge is -2.34. The highest BCUT2D eigenvalue weighted by atomic mass is 79.9. The molecule has 0 saturated carbocycles. The standard InChI is InChI=1S/C14H17Br2NO3S/c1-10(18)8-12-4-2-3-7-17(12)21(19,20)14-9-11(15)5-6-13(14)16/h5-6,9,12H,2-4,7-8H2,1H3. The molecule has 0 amide bonds. The molecule has 4 nitrogen and oxygen atoms in total. The van der Waals surface area contributed by atoms with Gasteiger partial charge in [-0.2, -0.15) is 4.31 Å². The maximum atomic E-state index is 12.9. The Labute approximate surface area is 142 Å². The number of carbonyl (C=O) groups excluding carboxylic acids is 1. The average molecular weight is 439 g/mol. The van der Waals surface area contributed by atoms with Crippen LogP contribution in [0.5, 0.6) is 0 Å². The average Bonchev–Trinajstić information content (AvgIpc) is 2.41. The van der Waals surface area contributed by atoms with Crippen molar-refractivity contribution < 1.29 is 13.2 Å². The zero-order valence-electron chi connectivity index (χ0n) is 11.7. The van der Waals surface area contributed by atoms with E-state index in [1.165, 1.54) is 11.2 Å². The van der Waals surface area contributed by atoms with Crippen LogP contribution in [0.3, 0.4) is 0 Å². The Morgan fingerprint density at radius 1 is 1.33 bits per heavy atom. The molecule has 116 valence electrons. The molecule has 1 saturated heterocycles. The van der Waals surface area contributed by atoms with E-state index in [0.717, 1.165) is 19.3 Å². The minimum absolute atomic E-state index is 0.0235. The van der Waals surface area contributed by atoms with Crippen LogP contribution in [0.15, 0.2) is 32.0 Å². The summed E-state index contributed by atoms with van der Waals surface area (Å²) in [4.78, 5) is 11.6. The van der Waals surface area contributed by atoms with Gasteiger partial charge in [-0.1, -0.05) is 22.4 Å². The SMILES string of the molecule is CC(=O)CC1CCCCN1S(=O)(=O)c1cc(Br)ccc1Br. The zero-order valence-corrected chi connectivity index (χ0v) is 15.7. The fourth-order valence-corrected chi connectivity index (χ4v) is 5.79. The highest BCUT2D eigenvalue weighted by molar-refractivity contribution is 9.11. The molecule has 0 bridgehead atoms. The van der Waals surface area contributed by atoms with E-state index in [1.54, 1.807) is 18.2 Å². The van der Waals surface area contributed by atoms with Gasteiger partial charge in [0, 0.05) is 28.0 Å². The molecular weight excluding hydrogens is 422 g/mol. The lowest BCUT2D eigenvalue weighted by atomic mass is 10.0. The summed E-state index contributed by atoms with van der Waals surface area (Å²) in [6.45, 7) is 1.98. The third kappa shape index (κ3) is 3.94. The van der Waals surface area contributed by atoms with Crippen LogP contribution in [0.4, 0.5) is 0 Å². The Hall–Kier alpha value is -0.240. The molecule has 1 aromatic rings. The minimum Gasteiger partial charge on any atom is -0.300 e. The maximum absolute atomic E-state index is 12.9. The lowest BCUT2D eigenvalue weighted by Crippen LogP contribution is -2.44. The lowest BCUT2D eigenvalue weighted by molar-refractivity contribution is -0.118. The molecule has 1 aliphatic rings. The van der Waals surface area contributed by atoms with Crippen molar-refractivity contribution in [2.45, 2.75) is 43.5 Å². The molecule has 0 aromatic heterocycles. The van der Waals surface area contributed by atoms with Gasteiger partial charge in [0.1, 0.15) is 5.78 Å². The van der Waals surface area contributed by atoms with E-state index in [1.807, 2.05) is 0 Å². The van der Waals surface area contributed by atoms with E-state index in [4.69, 9.17) is 0 Å². The smallest absolute Gasteiger partial charge is 0.244 e. The van der Waals surface area contributed by atoms with E-state index in [-0.39, 0.29) is 23.1 Å². The highest BCUT2D eigenvalue weighted by Crippen LogP contribution is 2.32. The van der Waals surface area contributed by atoms with Gasteiger partial charge in [-0.25, -0.2) is 8.42 Å². The largest absolute Gasteiger partial charge is 0.300 e. The van der Waals surface area contributed by atoms with Crippen LogP contribution in [-0.4, -0.2) is 31.1 Å². The molecule has 7 heteroatoms. The Kier molecular flexibility index (Phi) is 5.62. The number of Topliss-reactive ketones (excluding diaryl/α,β-unsaturated/α-hetero) is 1. The van der Waals surface area contributed by atoms with Crippen LogP contribution in [0, 0.1) is 0 Å². The fourth-order valence-electron chi connectivity index (χ4n) is 2.63. The molecule has 0 N–H and O–H groups in total. The molecule has 1 heterocycles. The van der Waals surface area contributed by atoms with E-state index in [9.17, 15) is 13.2 Å². The molecule has 1 atom stereocenters. The predicted molar refractivity (Wildman–Crippen MR) is 88.7 cm³/mol. The third-order valence-corrected chi connectivity index (χ3v) is 7.02. The van der Waals surface area contributed by atoms with Crippen molar-refractivity contribution >= 4 is 47.7 Å². The van der Waals surface area contributed by atoms with Crippen molar-refractivity contribution in [3.05, 3.63) is 27.1 Å². The number of sulfonamides is 1. The molecule has 1 aromatic carbocycles. The van der Waals surface area contributed by atoms with Crippen LogP contribution in [0.25, 0.3) is 0 Å². The summed E-state index contributed by atoms with van der Waals surface area (Å²) in [5.41, 5.74) is 0. The molecule has 0 spiro atoms. The van der Waals surface area contributed by atoms with Crippen LogP contribution in [0.2, 0.25) is 0 Å². The summed E-state index contributed by atoms with van der Waals surface area (Å²) in [5.74, 6) is 0.0235. The van der Waals surface area contributed by atoms with Crippen LogP contribution < -0.4 is 0 Å². The van der Waals surface area contributed by atoms with E-state index >= 15 is 0 Å². The van der Waals surface area contributed by atoms with Crippen LogP contribution in [0.1, 0.15) is 32.6 Å². The molecular formula is C14H17Br2NO3S. The van der Waals surface area contributed by atoms with E-state index < -0.39 is 10.0 Å². The summed E-state index contributed by atoms with van der Waals surface area (Å²) >= 11 is 6.62. The number of hydrogen-bond acceptors (Lipinski definition) is 3. The number of piperidine rings is 1. The van der Waals surface area contributed by atoms with Gasteiger partial charge in [0.2, 0.25) is 10.0 Å². The minimum atomic E-state index is -3.61. The Morgan fingerprint density at radius 2 is 2.05 bits per heavy atom. The monoisotopic (exact) mass is 437 g/mol. The number of ketones is 1. The molecule has 1 unspecified atom stereocenters. The number of rotatable bonds is 4. The first-order chi connectivity index (χ1) is 9.82. The summed E-state index contributed by atoms with van der Waals surface area (Å²) in [5, 5.41) is 0. The quantitative estimate of drug-likeness (QED) is 0.719. The first-order valence-electron chi connectivity index (χ1n) is 6.78. The van der Waals surface area contributed by atoms with Gasteiger partial charge < -0.3 is 0 Å². The summed E-state index contributed by atoms with van der Waals surface area (Å²) in [6.07, 6.45) is 2.82. The maximum Gasteiger partial charge on any atom is 0.244 e. The van der Waals surface area contributed by atoms with Crippen LogP contribution >= 0.6 is 31.9 Å². The van der Waals surface area contributed by atoms with Crippen molar-refractivity contribution in [3.8, 4) is 0 Å². The van der Waals surface area contributed by atoms with Gasteiger partial charge >= 0.3 is 0 Å². The van der Waals surface area contributed by atoms with Crippen molar-refractivity contribution in [1.29, 1.82) is 0 Å². The number of carbonyl (C=O) groups is 1. The molecule has 21 heavy (non-hydrogen) atoms. The van der Waals surface area contributed by atoms with Gasteiger partial charge in [-0.05, 0) is 53.9 Å².